The van der Waals surface area contributed by atoms with Crippen LogP contribution in [0.1, 0.15) is 0 Å². The number of aromatic nitrogens is 1. The SMILES string of the molecule is c1ccc(-c2ccccc2-c2c(-c3ccccc3)cccc2N(c2ccc3c(c2)sc2ccccc23)c2ccccc2-n2c3ccccc3c3ccccc32)cc1. The molecule has 2 heterocycles. The number of rotatable bonds is 7. The number of para-hydroxylation sites is 4. The zero-order valence-corrected chi connectivity index (χ0v) is 31.9. The molecule has 0 saturated carbocycles. The third-order valence-electron chi connectivity index (χ3n) is 11.2. The van der Waals surface area contributed by atoms with Crippen molar-refractivity contribution in [3.8, 4) is 39.1 Å². The second kappa shape index (κ2) is 13.8. The first-order chi connectivity index (χ1) is 28.3. The number of thiophene rings is 1. The van der Waals surface area contributed by atoms with E-state index in [1.54, 1.807) is 0 Å². The Labute approximate surface area is 335 Å². The molecule has 57 heavy (non-hydrogen) atoms. The van der Waals surface area contributed by atoms with Crippen molar-refractivity contribution in [1.29, 1.82) is 0 Å². The lowest BCUT2D eigenvalue weighted by molar-refractivity contribution is 1.15. The maximum Gasteiger partial charge on any atom is 0.0702 e. The molecule has 3 heteroatoms. The molecule has 11 aromatic rings. The van der Waals surface area contributed by atoms with Gasteiger partial charge in [0.15, 0.2) is 0 Å². The molecule has 0 aliphatic carbocycles. The number of anilines is 3. The summed E-state index contributed by atoms with van der Waals surface area (Å²) in [6, 6.07) is 79.5. The van der Waals surface area contributed by atoms with Crippen molar-refractivity contribution in [3.05, 3.63) is 218 Å². The van der Waals surface area contributed by atoms with Crippen LogP contribution in [0.4, 0.5) is 17.1 Å². The van der Waals surface area contributed by atoms with Crippen molar-refractivity contribution in [3.63, 3.8) is 0 Å². The molecule has 9 aromatic carbocycles. The fourth-order valence-electron chi connectivity index (χ4n) is 8.72. The van der Waals surface area contributed by atoms with E-state index in [-0.39, 0.29) is 0 Å². The van der Waals surface area contributed by atoms with Crippen molar-refractivity contribution < 1.29 is 0 Å². The number of hydrogen-bond donors (Lipinski definition) is 0. The van der Waals surface area contributed by atoms with Crippen LogP contribution >= 0.6 is 11.3 Å². The fourth-order valence-corrected chi connectivity index (χ4v) is 9.86. The third-order valence-corrected chi connectivity index (χ3v) is 12.3. The highest BCUT2D eigenvalue weighted by Gasteiger charge is 2.26. The highest BCUT2D eigenvalue weighted by molar-refractivity contribution is 7.25. The maximum atomic E-state index is 2.51. The standard InChI is InChI=1S/C54H36N2S/c1-3-18-37(19-4-1)40-22-7-8-26-46(40)54-41(38-20-5-2-6-21-38)27-17-32-51(54)55(39-34-35-45-44-25-11-16-33-52(44)57-53(45)36-39)49-30-14-15-31-50(49)56-47-28-12-9-23-42(47)43-24-10-13-29-48(43)56/h1-36H. The Balaban J connectivity index is 1.26. The molecule has 0 aliphatic rings. The maximum absolute atomic E-state index is 2.51. The Bertz CT molecular complexity index is 3190. The molecule has 2 aromatic heterocycles. The van der Waals surface area contributed by atoms with Crippen molar-refractivity contribution in [2.45, 2.75) is 0 Å². The lowest BCUT2D eigenvalue weighted by Crippen LogP contribution is -2.14. The predicted octanol–water partition coefficient (Wildman–Crippen LogP) is 15.6. The molecule has 0 spiro atoms. The average Bonchev–Trinajstić information content (AvgIpc) is 3.83. The summed E-state index contributed by atoms with van der Waals surface area (Å²) < 4.78 is 5.01. The Kier molecular flexibility index (Phi) is 8.04. The van der Waals surface area contributed by atoms with Gasteiger partial charge in [0.25, 0.3) is 0 Å². The Hall–Kier alpha value is -7.20. The van der Waals surface area contributed by atoms with E-state index in [2.05, 4.69) is 228 Å². The van der Waals surface area contributed by atoms with Gasteiger partial charge in [0, 0.05) is 42.2 Å². The molecule has 0 N–H and O–H groups in total. The number of fused-ring (bicyclic) bond motifs is 6. The minimum absolute atomic E-state index is 1.09. The van der Waals surface area contributed by atoms with Crippen LogP contribution in [0.15, 0.2) is 218 Å². The smallest absolute Gasteiger partial charge is 0.0702 e. The van der Waals surface area contributed by atoms with Gasteiger partial charge in [-0.3, -0.25) is 0 Å². The summed E-state index contributed by atoms with van der Waals surface area (Å²) in [6.07, 6.45) is 0. The summed E-state index contributed by atoms with van der Waals surface area (Å²) in [6.45, 7) is 0. The van der Waals surface area contributed by atoms with Crippen molar-refractivity contribution in [1.82, 2.24) is 4.57 Å². The van der Waals surface area contributed by atoms with E-state index in [4.69, 9.17) is 0 Å². The van der Waals surface area contributed by atoms with Crippen LogP contribution in [0, 0.1) is 0 Å². The molecule has 268 valence electrons. The quantitative estimate of drug-likeness (QED) is 0.158. The normalized spacial score (nSPS) is 11.5. The largest absolute Gasteiger partial charge is 0.308 e. The zero-order valence-electron chi connectivity index (χ0n) is 31.1. The number of nitrogens with zero attached hydrogens (tertiary/aromatic N) is 2. The van der Waals surface area contributed by atoms with Gasteiger partial charge in [-0.25, -0.2) is 0 Å². The minimum atomic E-state index is 1.09. The fraction of sp³-hybridized carbons (Fsp3) is 0. The van der Waals surface area contributed by atoms with Crippen molar-refractivity contribution >= 4 is 70.4 Å². The Morgan fingerprint density at radius 3 is 1.61 bits per heavy atom. The van der Waals surface area contributed by atoms with E-state index in [0.717, 1.165) is 22.7 Å². The molecule has 0 saturated heterocycles. The topological polar surface area (TPSA) is 8.17 Å². The summed E-state index contributed by atoms with van der Waals surface area (Å²) in [4.78, 5) is 2.51. The van der Waals surface area contributed by atoms with Gasteiger partial charge in [-0.15, -0.1) is 11.3 Å². The van der Waals surface area contributed by atoms with Gasteiger partial charge in [0.1, 0.15) is 0 Å². The van der Waals surface area contributed by atoms with E-state index in [9.17, 15) is 0 Å². The van der Waals surface area contributed by atoms with Gasteiger partial charge in [-0.1, -0.05) is 170 Å². The van der Waals surface area contributed by atoms with Crippen molar-refractivity contribution in [2.24, 2.45) is 0 Å². The molecule has 0 unspecified atom stereocenters. The lowest BCUT2D eigenvalue weighted by Gasteiger charge is -2.31. The first-order valence-corrected chi connectivity index (χ1v) is 20.3. The average molecular weight is 745 g/mol. The van der Waals surface area contributed by atoms with Gasteiger partial charge >= 0.3 is 0 Å². The molecule has 0 atom stereocenters. The van der Waals surface area contributed by atoms with E-state index >= 15 is 0 Å². The summed E-state index contributed by atoms with van der Waals surface area (Å²) in [5.74, 6) is 0. The van der Waals surface area contributed by atoms with Gasteiger partial charge in [0.05, 0.1) is 28.1 Å². The van der Waals surface area contributed by atoms with E-state index < -0.39 is 0 Å². The van der Waals surface area contributed by atoms with E-state index in [1.807, 2.05) is 11.3 Å². The molecule has 0 amide bonds. The monoisotopic (exact) mass is 744 g/mol. The van der Waals surface area contributed by atoms with Crippen LogP contribution in [0.2, 0.25) is 0 Å². The van der Waals surface area contributed by atoms with Gasteiger partial charge in [0.2, 0.25) is 0 Å². The molecular formula is C54H36N2S. The molecule has 0 aliphatic heterocycles. The molecule has 0 radical (unpaired) electrons. The number of hydrogen-bond acceptors (Lipinski definition) is 2. The van der Waals surface area contributed by atoms with Crippen LogP contribution in [0.3, 0.4) is 0 Å². The van der Waals surface area contributed by atoms with E-state index in [1.165, 1.54) is 75.4 Å². The first kappa shape index (κ1) is 33.2. The summed E-state index contributed by atoms with van der Waals surface area (Å²) in [5.41, 5.74) is 13.9. The third kappa shape index (κ3) is 5.55. The van der Waals surface area contributed by atoms with Crippen LogP contribution in [-0.4, -0.2) is 4.57 Å². The molecule has 0 fully saturated rings. The van der Waals surface area contributed by atoms with Gasteiger partial charge in [-0.2, -0.15) is 0 Å². The highest BCUT2D eigenvalue weighted by Crippen LogP contribution is 2.50. The highest BCUT2D eigenvalue weighted by atomic mass is 32.1. The van der Waals surface area contributed by atoms with Gasteiger partial charge in [-0.05, 0) is 76.3 Å². The van der Waals surface area contributed by atoms with Gasteiger partial charge < -0.3 is 9.47 Å². The van der Waals surface area contributed by atoms with Crippen LogP contribution in [0.25, 0.3) is 81.0 Å². The zero-order chi connectivity index (χ0) is 37.7. The summed E-state index contributed by atoms with van der Waals surface area (Å²) in [5, 5.41) is 5.06. The molecular weight excluding hydrogens is 709 g/mol. The molecule has 11 rings (SSSR count). The first-order valence-electron chi connectivity index (χ1n) is 19.4. The van der Waals surface area contributed by atoms with Crippen LogP contribution in [0.5, 0.6) is 0 Å². The van der Waals surface area contributed by atoms with Crippen molar-refractivity contribution in [2.75, 3.05) is 4.90 Å². The second-order valence-corrected chi connectivity index (χ2v) is 15.5. The second-order valence-electron chi connectivity index (χ2n) is 14.4. The molecule has 0 bridgehead atoms. The molecule has 2 nitrogen and oxygen atoms in total. The lowest BCUT2D eigenvalue weighted by atomic mass is 9.87. The Morgan fingerprint density at radius 1 is 0.351 bits per heavy atom. The van der Waals surface area contributed by atoms with Crippen LogP contribution < -0.4 is 4.90 Å². The van der Waals surface area contributed by atoms with Crippen LogP contribution in [-0.2, 0) is 0 Å². The Morgan fingerprint density at radius 2 is 0.877 bits per heavy atom. The predicted molar refractivity (Wildman–Crippen MR) is 245 cm³/mol. The summed E-state index contributed by atoms with van der Waals surface area (Å²) >= 11 is 1.86. The van der Waals surface area contributed by atoms with E-state index in [0.29, 0.717) is 0 Å². The summed E-state index contributed by atoms with van der Waals surface area (Å²) in [7, 11) is 0. The number of benzene rings is 9. The minimum Gasteiger partial charge on any atom is -0.308 e.